The third-order valence-electron chi connectivity index (χ3n) is 3.12. The highest BCUT2D eigenvalue weighted by molar-refractivity contribution is 5.80. The third-order valence-corrected chi connectivity index (χ3v) is 3.12. The predicted molar refractivity (Wildman–Crippen MR) is 58.6 cm³/mol. The summed E-state index contributed by atoms with van der Waals surface area (Å²) in [5.74, 6) is 0.788. The van der Waals surface area contributed by atoms with E-state index in [2.05, 4.69) is 0 Å². The molecule has 0 radical (unpaired) electrons. The van der Waals surface area contributed by atoms with E-state index in [1.54, 1.807) is 0 Å². The van der Waals surface area contributed by atoms with E-state index in [-0.39, 0.29) is 6.61 Å². The van der Waals surface area contributed by atoms with Crippen LogP contribution in [0, 0.1) is 0 Å². The Balaban J connectivity index is 2.11. The number of hydrogen-bond donors (Lipinski definition) is 1. The zero-order valence-electron chi connectivity index (χ0n) is 8.78. The highest BCUT2D eigenvalue weighted by Crippen LogP contribution is 2.30. The molecule has 2 rings (SSSR count). The van der Waals surface area contributed by atoms with Gasteiger partial charge in [0.15, 0.2) is 0 Å². The van der Waals surface area contributed by atoms with E-state index >= 15 is 0 Å². The monoisotopic (exact) mass is 204 g/mol. The summed E-state index contributed by atoms with van der Waals surface area (Å²) in [5, 5.41) is 8.93. The van der Waals surface area contributed by atoms with Crippen molar-refractivity contribution in [2.45, 2.75) is 38.2 Å². The number of aliphatic hydroxyl groups is 1. The summed E-state index contributed by atoms with van der Waals surface area (Å²) in [4.78, 5) is 11.3. The highest BCUT2D eigenvalue weighted by Gasteiger charge is 2.20. The summed E-state index contributed by atoms with van der Waals surface area (Å²) < 4.78 is 0. The van der Waals surface area contributed by atoms with Crippen LogP contribution in [0.1, 0.15) is 42.7 Å². The van der Waals surface area contributed by atoms with E-state index in [9.17, 15) is 4.79 Å². The molecule has 2 nitrogen and oxygen atoms in total. The molecule has 1 aromatic rings. The first-order chi connectivity index (χ1) is 7.29. The van der Waals surface area contributed by atoms with Gasteiger partial charge in [0.2, 0.25) is 0 Å². The Bertz CT molecular complexity index is 340. The number of benzene rings is 1. The maximum absolute atomic E-state index is 11.3. The summed E-state index contributed by atoms with van der Waals surface area (Å²) in [5.41, 5.74) is 2.17. The predicted octanol–water partition coefficient (Wildman–Crippen LogP) is 2.41. The van der Waals surface area contributed by atoms with Gasteiger partial charge in [0.25, 0.3) is 0 Å². The van der Waals surface area contributed by atoms with Gasteiger partial charge in [-0.2, -0.15) is 0 Å². The zero-order chi connectivity index (χ0) is 10.7. The van der Waals surface area contributed by atoms with Crippen molar-refractivity contribution in [2.24, 2.45) is 0 Å². The van der Waals surface area contributed by atoms with Crippen LogP contribution >= 0.6 is 0 Å². The fourth-order valence-corrected chi connectivity index (χ4v) is 2.20. The Kier molecular flexibility index (Phi) is 3.17. The van der Waals surface area contributed by atoms with Crippen LogP contribution in [0.15, 0.2) is 24.3 Å². The van der Waals surface area contributed by atoms with E-state index in [1.165, 1.54) is 5.56 Å². The summed E-state index contributed by atoms with van der Waals surface area (Å²) >= 11 is 0. The lowest BCUT2D eigenvalue weighted by atomic mass is 9.83. The third kappa shape index (κ3) is 2.45. The maximum Gasteiger partial charge on any atom is 0.133 e. The quantitative estimate of drug-likeness (QED) is 0.803. The molecule has 1 N–H and O–H groups in total. The van der Waals surface area contributed by atoms with Crippen LogP contribution in [0.25, 0.3) is 0 Å². The van der Waals surface area contributed by atoms with Crippen molar-refractivity contribution in [3.8, 4) is 0 Å². The molecule has 1 aliphatic rings. The molecule has 1 saturated carbocycles. The lowest BCUT2D eigenvalue weighted by molar-refractivity contribution is -0.120. The van der Waals surface area contributed by atoms with Crippen LogP contribution in [-0.4, -0.2) is 10.9 Å². The largest absolute Gasteiger partial charge is 0.392 e. The van der Waals surface area contributed by atoms with Gasteiger partial charge in [-0.05, 0) is 29.9 Å². The van der Waals surface area contributed by atoms with E-state index < -0.39 is 0 Å². The molecule has 15 heavy (non-hydrogen) atoms. The molecule has 1 aromatic carbocycles. The molecule has 0 spiro atoms. The van der Waals surface area contributed by atoms with E-state index in [4.69, 9.17) is 5.11 Å². The molecule has 0 aromatic heterocycles. The Morgan fingerprint density at radius 2 is 2.00 bits per heavy atom. The molecule has 1 unspecified atom stereocenters. The Morgan fingerprint density at radius 1 is 1.27 bits per heavy atom. The molecule has 1 aliphatic carbocycles. The number of rotatable bonds is 2. The number of carbonyl (C=O) groups excluding carboxylic acids is 1. The molecule has 0 aliphatic heterocycles. The second-order valence-electron chi connectivity index (χ2n) is 4.23. The second kappa shape index (κ2) is 4.58. The summed E-state index contributed by atoms with van der Waals surface area (Å²) in [6.07, 6.45) is 3.58. The average molecular weight is 204 g/mol. The Hall–Kier alpha value is -1.15. The van der Waals surface area contributed by atoms with Crippen molar-refractivity contribution in [3.05, 3.63) is 35.4 Å². The molecular weight excluding hydrogens is 188 g/mol. The minimum atomic E-state index is 0.0872. The van der Waals surface area contributed by atoms with E-state index in [0.29, 0.717) is 18.1 Å². The van der Waals surface area contributed by atoms with Gasteiger partial charge in [-0.25, -0.2) is 0 Å². The lowest BCUT2D eigenvalue weighted by Crippen LogP contribution is -2.13. The van der Waals surface area contributed by atoms with E-state index in [0.717, 1.165) is 24.8 Å². The standard InChI is InChI=1S/C13H16O2/c14-9-10-4-6-11(7-5-10)12-2-1-3-13(15)8-12/h4-7,12,14H,1-3,8-9H2. The second-order valence-corrected chi connectivity index (χ2v) is 4.23. The van der Waals surface area contributed by atoms with Crippen LogP contribution in [0.3, 0.4) is 0 Å². The summed E-state index contributed by atoms with van der Waals surface area (Å²) in [6, 6.07) is 7.95. The van der Waals surface area contributed by atoms with E-state index in [1.807, 2.05) is 24.3 Å². The van der Waals surface area contributed by atoms with Gasteiger partial charge in [-0.1, -0.05) is 24.3 Å². The fraction of sp³-hybridized carbons (Fsp3) is 0.462. The molecule has 0 amide bonds. The van der Waals surface area contributed by atoms with Crippen molar-refractivity contribution in [1.29, 1.82) is 0 Å². The molecular formula is C13H16O2. The highest BCUT2D eigenvalue weighted by atomic mass is 16.3. The van der Waals surface area contributed by atoms with Crippen LogP contribution in [0.5, 0.6) is 0 Å². The topological polar surface area (TPSA) is 37.3 Å². The van der Waals surface area contributed by atoms with Crippen molar-refractivity contribution in [3.63, 3.8) is 0 Å². The molecule has 80 valence electrons. The van der Waals surface area contributed by atoms with Crippen molar-refractivity contribution in [2.75, 3.05) is 0 Å². The number of carbonyl (C=O) groups is 1. The van der Waals surface area contributed by atoms with Gasteiger partial charge in [0, 0.05) is 12.8 Å². The normalized spacial score (nSPS) is 21.7. The minimum absolute atomic E-state index is 0.0872. The molecule has 0 saturated heterocycles. The molecule has 2 heteroatoms. The molecule has 0 heterocycles. The summed E-state index contributed by atoms with van der Waals surface area (Å²) in [6.45, 7) is 0.0872. The summed E-state index contributed by atoms with van der Waals surface area (Å²) in [7, 11) is 0. The molecule has 1 fully saturated rings. The average Bonchev–Trinajstić information content (AvgIpc) is 2.29. The van der Waals surface area contributed by atoms with Gasteiger partial charge >= 0.3 is 0 Å². The fourth-order valence-electron chi connectivity index (χ4n) is 2.20. The first-order valence-corrected chi connectivity index (χ1v) is 5.51. The maximum atomic E-state index is 11.3. The SMILES string of the molecule is O=C1CCCC(c2ccc(CO)cc2)C1. The van der Waals surface area contributed by atoms with Crippen molar-refractivity contribution < 1.29 is 9.90 Å². The number of Topliss-reactive ketones (excluding diaryl/α,β-unsaturated/α-hetero) is 1. The smallest absolute Gasteiger partial charge is 0.133 e. The van der Waals surface area contributed by atoms with Crippen molar-refractivity contribution in [1.82, 2.24) is 0 Å². The van der Waals surface area contributed by atoms with Gasteiger partial charge in [-0.15, -0.1) is 0 Å². The minimum Gasteiger partial charge on any atom is -0.392 e. The van der Waals surface area contributed by atoms with Crippen LogP contribution < -0.4 is 0 Å². The van der Waals surface area contributed by atoms with Gasteiger partial charge in [0.1, 0.15) is 5.78 Å². The van der Waals surface area contributed by atoms with Crippen LogP contribution in [-0.2, 0) is 11.4 Å². The number of hydrogen-bond acceptors (Lipinski definition) is 2. The zero-order valence-corrected chi connectivity index (χ0v) is 8.78. The van der Waals surface area contributed by atoms with Gasteiger partial charge in [-0.3, -0.25) is 4.79 Å². The molecule has 1 atom stereocenters. The molecule has 0 bridgehead atoms. The van der Waals surface area contributed by atoms with Crippen LogP contribution in [0.2, 0.25) is 0 Å². The van der Waals surface area contributed by atoms with Gasteiger partial charge in [0.05, 0.1) is 6.61 Å². The first kappa shape index (κ1) is 10.4. The first-order valence-electron chi connectivity index (χ1n) is 5.51. The van der Waals surface area contributed by atoms with Crippen LogP contribution in [0.4, 0.5) is 0 Å². The van der Waals surface area contributed by atoms with Crippen molar-refractivity contribution >= 4 is 5.78 Å². The Morgan fingerprint density at radius 3 is 2.60 bits per heavy atom. The number of ketones is 1. The number of aliphatic hydroxyl groups excluding tert-OH is 1. The van der Waals surface area contributed by atoms with Gasteiger partial charge < -0.3 is 5.11 Å². The Labute approximate surface area is 89.9 Å². The lowest BCUT2D eigenvalue weighted by Gasteiger charge is -2.21.